The van der Waals surface area contributed by atoms with E-state index >= 15 is 0 Å². The van der Waals surface area contributed by atoms with E-state index in [0.29, 0.717) is 6.04 Å². The summed E-state index contributed by atoms with van der Waals surface area (Å²) in [5.41, 5.74) is 5.59. The van der Waals surface area contributed by atoms with Crippen LogP contribution >= 0.6 is 0 Å². The molecule has 0 aliphatic heterocycles. The van der Waals surface area contributed by atoms with Crippen molar-refractivity contribution < 1.29 is 0 Å². The normalized spacial score (nSPS) is 12.3. The molecule has 0 saturated carbocycles. The summed E-state index contributed by atoms with van der Waals surface area (Å²) >= 11 is 0. The van der Waals surface area contributed by atoms with Crippen LogP contribution in [0.25, 0.3) is 0 Å². The molecule has 21 heavy (non-hydrogen) atoms. The van der Waals surface area contributed by atoms with Gasteiger partial charge in [0.1, 0.15) is 0 Å². The fourth-order valence-corrected chi connectivity index (χ4v) is 3.00. The summed E-state index contributed by atoms with van der Waals surface area (Å²) in [5.74, 6) is 0. The zero-order chi connectivity index (χ0) is 15.1. The Labute approximate surface area is 129 Å². The van der Waals surface area contributed by atoms with Crippen molar-refractivity contribution in [2.24, 2.45) is 0 Å². The standard InChI is InChI=1S/C20H27N/c1-4-21-20(19-14-16(2)13-17(3)15-19)12-8-11-18-9-6-5-7-10-18/h5-7,9-10,13-15,20-21H,4,8,11-12H2,1-3H3. The predicted molar refractivity (Wildman–Crippen MR) is 91.7 cm³/mol. The highest BCUT2D eigenvalue weighted by atomic mass is 14.9. The molecule has 0 radical (unpaired) electrons. The molecule has 0 bridgehead atoms. The lowest BCUT2D eigenvalue weighted by molar-refractivity contribution is 0.497. The molecular weight excluding hydrogens is 254 g/mol. The first-order chi connectivity index (χ1) is 10.2. The number of rotatable bonds is 7. The zero-order valence-electron chi connectivity index (χ0n) is 13.5. The van der Waals surface area contributed by atoms with Crippen molar-refractivity contribution in [3.05, 3.63) is 70.8 Å². The number of aryl methyl sites for hydroxylation is 3. The minimum absolute atomic E-state index is 0.470. The quantitative estimate of drug-likeness (QED) is 0.755. The second kappa shape index (κ2) is 7.99. The molecule has 1 N–H and O–H groups in total. The highest BCUT2D eigenvalue weighted by molar-refractivity contribution is 5.30. The third-order valence-corrected chi connectivity index (χ3v) is 3.90. The second-order valence-electron chi connectivity index (χ2n) is 5.91. The fraction of sp³-hybridized carbons (Fsp3) is 0.400. The number of hydrogen-bond donors (Lipinski definition) is 1. The molecule has 1 heteroatoms. The highest BCUT2D eigenvalue weighted by Crippen LogP contribution is 2.22. The van der Waals surface area contributed by atoms with Crippen LogP contribution in [0.1, 0.15) is 48.1 Å². The van der Waals surface area contributed by atoms with Crippen molar-refractivity contribution in [1.29, 1.82) is 0 Å². The van der Waals surface area contributed by atoms with Gasteiger partial charge in [-0.05, 0) is 50.8 Å². The molecule has 0 fully saturated rings. The third kappa shape index (κ3) is 5.02. The van der Waals surface area contributed by atoms with E-state index in [2.05, 4.69) is 74.6 Å². The van der Waals surface area contributed by atoms with Gasteiger partial charge in [-0.1, -0.05) is 66.6 Å². The molecule has 1 atom stereocenters. The summed E-state index contributed by atoms with van der Waals surface area (Å²) in [4.78, 5) is 0. The first-order valence-electron chi connectivity index (χ1n) is 8.04. The fourth-order valence-electron chi connectivity index (χ4n) is 3.00. The van der Waals surface area contributed by atoms with Gasteiger partial charge >= 0.3 is 0 Å². The van der Waals surface area contributed by atoms with E-state index < -0.39 is 0 Å². The van der Waals surface area contributed by atoms with Gasteiger partial charge in [0.2, 0.25) is 0 Å². The Kier molecular flexibility index (Phi) is 6.01. The topological polar surface area (TPSA) is 12.0 Å². The molecular formula is C20H27N. The van der Waals surface area contributed by atoms with Gasteiger partial charge in [0.25, 0.3) is 0 Å². The smallest absolute Gasteiger partial charge is 0.0320 e. The molecule has 0 saturated heterocycles. The van der Waals surface area contributed by atoms with E-state index in [-0.39, 0.29) is 0 Å². The highest BCUT2D eigenvalue weighted by Gasteiger charge is 2.10. The first kappa shape index (κ1) is 15.8. The van der Waals surface area contributed by atoms with Gasteiger partial charge in [0.15, 0.2) is 0 Å². The Morgan fingerprint density at radius 3 is 2.24 bits per heavy atom. The third-order valence-electron chi connectivity index (χ3n) is 3.90. The maximum Gasteiger partial charge on any atom is 0.0320 e. The average Bonchev–Trinajstić information content (AvgIpc) is 2.46. The molecule has 0 heterocycles. The summed E-state index contributed by atoms with van der Waals surface area (Å²) in [6, 6.07) is 18.1. The van der Waals surface area contributed by atoms with Crippen LogP contribution in [0.4, 0.5) is 0 Å². The molecule has 1 unspecified atom stereocenters. The largest absolute Gasteiger partial charge is 0.310 e. The summed E-state index contributed by atoms with van der Waals surface area (Å²) in [6.07, 6.45) is 3.56. The molecule has 0 aromatic heterocycles. The number of benzene rings is 2. The molecule has 0 aliphatic rings. The lowest BCUT2D eigenvalue weighted by atomic mass is 9.96. The maximum atomic E-state index is 3.64. The van der Waals surface area contributed by atoms with E-state index in [9.17, 15) is 0 Å². The summed E-state index contributed by atoms with van der Waals surface area (Å²) in [6.45, 7) is 7.57. The van der Waals surface area contributed by atoms with Crippen LogP contribution in [-0.2, 0) is 6.42 Å². The van der Waals surface area contributed by atoms with Gasteiger partial charge in [0, 0.05) is 6.04 Å². The molecule has 112 valence electrons. The van der Waals surface area contributed by atoms with Crippen LogP contribution in [0.3, 0.4) is 0 Å². The van der Waals surface area contributed by atoms with E-state index in [1.54, 1.807) is 0 Å². The van der Waals surface area contributed by atoms with Crippen LogP contribution in [0.5, 0.6) is 0 Å². The second-order valence-corrected chi connectivity index (χ2v) is 5.91. The lowest BCUT2D eigenvalue weighted by Gasteiger charge is -2.19. The molecule has 2 aromatic rings. The van der Waals surface area contributed by atoms with Gasteiger partial charge in [-0.25, -0.2) is 0 Å². The van der Waals surface area contributed by atoms with Gasteiger partial charge < -0.3 is 5.32 Å². The monoisotopic (exact) mass is 281 g/mol. The minimum Gasteiger partial charge on any atom is -0.310 e. The van der Waals surface area contributed by atoms with Crippen LogP contribution in [0, 0.1) is 13.8 Å². The van der Waals surface area contributed by atoms with Crippen LogP contribution in [0.15, 0.2) is 48.5 Å². The van der Waals surface area contributed by atoms with Crippen molar-refractivity contribution >= 4 is 0 Å². The average molecular weight is 281 g/mol. The van der Waals surface area contributed by atoms with Crippen molar-refractivity contribution in [3.63, 3.8) is 0 Å². The van der Waals surface area contributed by atoms with Gasteiger partial charge in [-0.2, -0.15) is 0 Å². The zero-order valence-corrected chi connectivity index (χ0v) is 13.5. The SMILES string of the molecule is CCNC(CCCc1ccccc1)c1cc(C)cc(C)c1. The van der Waals surface area contributed by atoms with E-state index in [1.807, 2.05) is 0 Å². The molecule has 2 rings (SSSR count). The van der Waals surface area contributed by atoms with Crippen molar-refractivity contribution in [2.75, 3.05) is 6.54 Å². The van der Waals surface area contributed by atoms with Crippen LogP contribution in [0.2, 0.25) is 0 Å². The molecule has 0 aliphatic carbocycles. The first-order valence-corrected chi connectivity index (χ1v) is 8.04. The maximum absolute atomic E-state index is 3.64. The van der Waals surface area contributed by atoms with Crippen molar-refractivity contribution in [3.8, 4) is 0 Å². The predicted octanol–water partition coefficient (Wildman–Crippen LogP) is 4.98. The minimum atomic E-state index is 0.470. The van der Waals surface area contributed by atoms with E-state index in [4.69, 9.17) is 0 Å². The Morgan fingerprint density at radius 2 is 1.62 bits per heavy atom. The Balaban J connectivity index is 1.98. The Morgan fingerprint density at radius 1 is 0.952 bits per heavy atom. The molecule has 0 amide bonds. The number of hydrogen-bond acceptors (Lipinski definition) is 1. The van der Waals surface area contributed by atoms with Gasteiger partial charge in [0.05, 0.1) is 0 Å². The summed E-state index contributed by atoms with van der Waals surface area (Å²) in [5, 5.41) is 3.64. The summed E-state index contributed by atoms with van der Waals surface area (Å²) < 4.78 is 0. The Bertz CT molecular complexity index is 525. The Hall–Kier alpha value is -1.60. The van der Waals surface area contributed by atoms with Gasteiger partial charge in [-0.3, -0.25) is 0 Å². The molecule has 1 nitrogen and oxygen atoms in total. The van der Waals surface area contributed by atoms with Crippen molar-refractivity contribution in [1.82, 2.24) is 5.32 Å². The van der Waals surface area contributed by atoms with Crippen molar-refractivity contribution in [2.45, 2.75) is 46.1 Å². The molecule has 2 aromatic carbocycles. The van der Waals surface area contributed by atoms with E-state index in [0.717, 1.165) is 13.0 Å². The lowest BCUT2D eigenvalue weighted by Crippen LogP contribution is -2.21. The van der Waals surface area contributed by atoms with Gasteiger partial charge in [-0.15, -0.1) is 0 Å². The molecule has 0 spiro atoms. The van der Waals surface area contributed by atoms with E-state index in [1.165, 1.54) is 35.1 Å². The summed E-state index contributed by atoms with van der Waals surface area (Å²) in [7, 11) is 0. The van der Waals surface area contributed by atoms with Crippen LogP contribution < -0.4 is 5.32 Å². The number of nitrogens with one attached hydrogen (secondary N) is 1. The van der Waals surface area contributed by atoms with Crippen LogP contribution in [-0.4, -0.2) is 6.54 Å².